The van der Waals surface area contributed by atoms with Gasteiger partial charge in [-0.05, 0) is 31.0 Å². The minimum atomic E-state index is -0.306. The highest BCUT2D eigenvalue weighted by Crippen LogP contribution is 2.21. The number of nitrogens with zero attached hydrogens (tertiary/aromatic N) is 3. The molecule has 0 radical (unpaired) electrons. The van der Waals surface area contributed by atoms with Crippen LogP contribution in [-0.4, -0.2) is 68.1 Å². The highest BCUT2D eigenvalue weighted by molar-refractivity contribution is 5.95. The molecule has 0 N–H and O–H groups in total. The summed E-state index contributed by atoms with van der Waals surface area (Å²) in [5.74, 6) is 0.275. The first-order valence-electron chi connectivity index (χ1n) is 10.7. The third-order valence-corrected chi connectivity index (χ3v) is 5.84. The molecule has 1 aromatic rings. The lowest BCUT2D eigenvalue weighted by Crippen LogP contribution is -2.49. The molecule has 0 aliphatic carbocycles. The second-order valence-corrected chi connectivity index (χ2v) is 8.01. The van der Waals surface area contributed by atoms with Crippen molar-refractivity contribution >= 4 is 11.9 Å². The Bertz CT molecular complexity index is 995. The normalized spacial score (nSPS) is 17.2. The van der Waals surface area contributed by atoms with E-state index >= 15 is 0 Å². The maximum absolute atomic E-state index is 12.7. The van der Waals surface area contributed by atoms with Gasteiger partial charge in [0.2, 0.25) is 5.91 Å². The summed E-state index contributed by atoms with van der Waals surface area (Å²) < 4.78 is 10.3. The van der Waals surface area contributed by atoms with Gasteiger partial charge in [0.05, 0.1) is 24.7 Å². The maximum atomic E-state index is 12.7. The van der Waals surface area contributed by atoms with Crippen LogP contribution in [0.5, 0.6) is 5.75 Å². The lowest BCUT2D eigenvalue weighted by atomic mass is 10.1. The molecule has 0 bridgehead atoms. The molecule has 0 atom stereocenters. The van der Waals surface area contributed by atoms with Gasteiger partial charge in [0.25, 0.3) is 0 Å². The molecule has 1 amide bonds. The first kappa shape index (κ1) is 23.3. The third-order valence-electron chi connectivity index (χ3n) is 5.84. The standard InChI is InChI=1S/C25H29N3O4/c1-4-22-21(17-32-25(22)30)13-18(2)7-8-27-9-11-28(12-10-27)24(29)15-19-5-6-20(16-26)23(14-19)31-3/h4-6,13-14H,1,7-12,15,17H2,2-3H3/b18-13+. The van der Waals surface area contributed by atoms with Crippen molar-refractivity contribution in [1.82, 2.24) is 9.80 Å². The summed E-state index contributed by atoms with van der Waals surface area (Å²) in [6, 6.07) is 7.34. The Kier molecular flexibility index (Phi) is 7.85. The van der Waals surface area contributed by atoms with Gasteiger partial charge in [0.15, 0.2) is 0 Å². The van der Waals surface area contributed by atoms with Crippen LogP contribution in [0.3, 0.4) is 0 Å². The van der Waals surface area contributed by atoms with E-state index < -0.39 is 0 Å². The molecule has 32 heavy (non-hydrogen) atoms. The van der Waals surface area contributed by atoms with Gasteiger partial charge < -0.3 is 14.4 Å². The van der Waals surface area contributed by atoms with Gasteiger partial charge in [-0.15, -0.1) is 0 Å². The fourth-order valence-corrected chi connectivity index (χ4v) is 3.91. The van der Waals surface area contributed by atoms with Crippen LogP contribution < -0.4 is 4.74 Å². The van der Waals surface area contributed by atoms with E-state index in [-0.39, 0.29) is 11.9 Å². The van der Waals surface area contributed by atoms with Crippen molar-refractivity contribution < 1.29 is 19.1 Å². The molecular weight excluding hydrogens is 406 g/mol. The predicted octanol–water partition coefficient (Wildman–Crippen LogP) is 2.63. The second kappa shape index (κ2) is 10.8. The molecule has 7 nitrogen and oxygen atoms in total. The van der Waals surface area contributed by atoms with Gasteiger partial charge >= 0.3 is 5.97 Å². The van der Waals surface area contributed by atoms with E-state index in [9.17, 15) is 9.59 Å². The Balaban J connectivity index is 1.47. The van der Waals surface area contributed by atoms with Crippen molar-refractivity contribution in [1.29, 1.82) is 5.26 Å². The molecule has 0 aromatic heterocycles. The molecule has 2 aliphatic heterocycles. The van der Waals surface area contributed by atoms with Crippen molar-refractivity contribution in [2.45, 2.75) is 19.8 Å². The summed E-state index contributed by atoms with van der Waals surface area (Å²) in [5.41, 5.74) is 3.93. The number of amides is 1. The summed E-state index contributed by atoms with van der Waals surface area (Å²) in [5, 5.41) is 9.09. The van der Waals surface area contributed by atoms with Crippen molar-refractivity contribution in [3.8, 4) is 11.8 Å². The van der Waals surface area contributed by atoms with Gasteiger partial charge in [0, 0.05) is 38.3 Å². The molecule has 1 aromatic carbocycles. The summed E-state index contributed by atoms with van der Waals surface area (Å²) in [6.07, 6.45) is 4.76. The van der Waals surface area contributed by atoms with E-state index in [1.165, 1.54) is 12.7 Å². The SMILES string of the molecule is C=CC1=C(/C=C(\C)CCN2CCN(C(=O)Cc3ccc(C#N)c(OC)c3)CC2)COC1=O. The van der Waals surface area contributed by atoms with Crippen LogP contribution in [0, 0.1) is 11.3 Å². The monoisotopic (exact) mass is 435 g/mol. The van der Waals surface area contributed by atoms with Crippen molar-refractivity contribution in [2.24, 2.45) is 0 Å². The van der Waals surface area contributed by atoms with Crippen LogP contribution in [0.4, 0.5) is 0 Å². The Morgan fingerprint density at radius 2 is 2.06 bits per heavy atom. The maximum Gasteiger partial charge on any atom is 0.338 e. The molecule has 2 heterocycles. The number of ether oxygens (including phenoxy) is 2. The van der Waals surface area contributed by atoms with E-state index in [0.717, 1.165) is 37.2 Å². The molecule has 0 spiro atoms. The molecule has 0 saturated carbocycles. The van der Waals surface area contributed by atoms with Crippen LogP contribution in [0.25, 0.3) is 0 Å². The van der Waals surface area contributed by atoms with Gasteiger partial charge in [-0.2, -0.15) is 5.26 Å². The Hall–Kier alpha value is -3.37. The van der Waals surface area contributed by atoms with Crippen molar-refractivity contribution in [3.63, 3.8) is 0 Å². The van der Waals surface area contributed by atoms with Gasteiger partial charge in [-0.3, -0.25) is 9.69 Å². The number of piperazine rings is 1. The first-order valence-corrected chi connectivity index (χ1v) is 10.7. The number of nitriles is 1. The molecule has 1 fully saturated rings. The minimum absolute atomic E-state index is 0.0854. The molecular formula is C25H29N3O4. The quantitative estimate of drug-likeness (QED) is 0.584. The molecule has 1 saturated heterocycles. The zero-order chi connectivity index (χ0) is 23.1. The first-order chi connectivity index (χ1) is 15.4. The largest absolute Gasteiger partial charge is 0.495 e. The molecule has 0 unspecified atom stereocenters. The van der Waals surface area contributed by atoms with E-state index in [4.69, 9.17) is 14.7 Å². The van der Waals surface area contributed by atoms with Crippen molar-refractivity contribution in [2.75, 3.05) is 46.4 Å². The highest BCUT2D eigenvalue weighted by atomic mass is 16.5. The molecule has 7 heteroatoms. The van der Waals surface area contributed by atoms with Crippen LogP contribution in [-0.2, 0) is 20.7 Å². The average Bonchev–Trinajstić information content (AvgIpc) is 3.16. The van der Waals surface area contributed by atoms with Crippen molar-refractivity contribution in [3.05, 3.63) is 64.8 Å². The van der Waals surface area contributed by atoms with Crippen LogP contribution in [0.15, 0.2) is 53.6 Å². The predicted molar refractivity (Wildman–Crippen MR) is 121 cm³/mol. The summed E-state index contributed by atoms with van der Waals surface area (Å²) in [6.45, 7) is 10.0. The molecule has 2 aliphatic rings. The number of carbonyl (C=O) groups excluding carboxylic acids is 2. The second-order valence-electron chi connectivity index (χ2n) is 8.01. The lowest BCUT2D eigenvalue weighted by Gasteiger charge is -2.35. The van der Waals surface area contributed by atoms with E-state index in [2.05, 4.69) is 24.5 Å². The van der Waals surface area contributed by atoms with Crippen LogP contribution in [0.2, 0.25) is 0 Å². The van der Waals surface area contributed by atoms with E-state index in [1.807, 2.05) is 11.0 Å². The number of esters is 1. The van der Waals surface area contributed by atoms with Crippen LogP contribution >= 0.6 is 0 Å². The number of benzene rings is 1. The Morgan fingerprint density at radius 1 is 1.31 bits per heavy atom. The minimum Gasteiger partial charge on any atom is -0.495 e. The lowest BCUT2D eigenvalue weighted by molar-refractivity contribution is -0.135. The number of rotatable bonds is 8. The Morgan fingerprint density at radius 3 is 2.72 bits per heavy atom. The van der Waals surface area contributed by atoms with E-state index in [0.29, 0.717) is 43.0 Å². The van der Waals surface area contributed by atoms with Gasteiger partial charge in [0.1, 0.15) is 18.4 Å². The zero-order valence-electron chi connectivity index (χ0n) is 18.7. The number of carbonyl (C=O) groups is 2. The molecule has 3 rings (SSSR count). The van der Waals surface area contributed by atoms with Gasteiger partial charge in [-0.1, -0.05) is 30.4 Å². The topological polar surface area (TPSA) is 82.9 Å². The third kappa shape index (κ3) is 5.65. The fourth-order valence-electron chi connectivity index (χ4n) is 3.91. The number of cyclic esters (lactones) is 1. The molecule has 168 valence electrons. The van der Waals surface area contributed by atoms with Gasteiger partial charge in [-0.25, -0.2) is 4.79 Å². The summed E-state index contributed by atoms with van der Waals surface area (Å²) >= 11 is 0. The highest BCUT2D eigenvalue weighted by Gasteiger charge is 2.22. The smallest absolute Gasteiger partial charge is 0.338 e. The number of hydrogen-bond donors (Lipinski definition) is 0. The van der Waals surface area contributed by atoms with E-state index in [1.54, 1.807) is 24.3 Å². The number of methoxy groups -OCH3 is 1. The average molecular weight is 436 g/mol. The summed E-state index contributed by atoms with van der Waals surface area (Å²) in [7, 11) is 1.52. The summed E-state index contributed by atoms with van der Waals surface area (Å²) in [4.78, 5) is 28.6. The fraction of sp³-hybridized carbons (Fsp3) is 0.400. The van der Waals surface area contributed by atoms with Crippen LogP contribution in [0.1, 0.15) is 24.5 Å². The zero-order valence-corrected chi connectivity index (χ0v) is 18.7. The number of hydrogen-bond acceptors (Lipinski definition) is 6. The Labute approximate surface area is 189 Å².